The van der Waals surface area contributed by atoms with E-state index in [1.165, 1.54) is 59.3 Å². The molecule has 2 aromatic carbocycles. The Balaban J connectivity index is 1.35. The highest BCUT2D eigenvalue weighted by Crippen LogP contribution is 2.28. The number of methoxy groups -OCH3 is 1. The Labute approximate surface area is 172 Å². The Bertz CT molecular complexity index is 903. The first-order chi connectivity index (χ1) is 13.8. The highest BCUT2D eigenvalue weighted by molar-refractivity contribution is 7.98. The Morgan fingerprint density at radius 1 is 1.18 bits per heavy atom. The van der Waals surface area contributed by atoms with Crippen molar-refractivity contribution in [1.29, 1.82) is 0 Å². The van der Waals surface area contributed by atoms with Crippen molar-refractivity contribution >= 4 is 22.7 Å². The van der Waals surface area contributed by atoms with Crippen molar-refractivity contribution in [2.45, 2.75) is 43.0 Å². The summed E-state index contributed by atoms with van der Waals surface area (Å²) in [7, 11) is 1.72. The lowest BCUT2D eigenvalue weighted by Crippen LogP contribution is -2.32. The van der Waals surface area contributed by atoms with Gasteiger partial charge >= 0.3 is 0 Å². The number of fused-ring (bicyclic) bond motifs is 1. The average molecular weight is 395 g/mol. The number of nitrogens with zero attached hydrogens (tertiary/aromatic N) is 1. The maximum absolute atomic E-state index is 5.25. The Kier molecular flexibility index (Phi) is 6.28. The van der Waals surface area contributed by atoms with Gasteiger partial charge in [-0.25, -0.2) is 0 Å². The van der Waals surface area contributed by atoms with Crippen molar-refractivity contribution in [1.82, 2.24) is 9.88 Å². The van der Waals surface area contributed by atoms with Crippen LogP contribution in [0.2, 0.25) is 0 Å². The van der Waals surface area contributed by atoms with Gasteiger partial charge in [0.2, 0.25) is 0 Å². The van der Waals surface area contributed by atoms with Crippen molar-refractivity contribution in [3.8, 4) is 5.75 Å². The summed E-state index contributed by atoms with van der Waals surface area (Å²) in [5.74, 6) is 0.937. The molecule has 148 valence electrons. The first-order valence-electron chi connectivity index (χ1n) is 10.3. The summed E-state index contributed by atoms with van der Waals surface area (Å²) in [5.41, 5.74) is 4.13. The number of nitrogens with one attached hydrogen (secondary N) is 1. The molecular weight excluding hydrogens is 364 g/mol. The molecule has 0 spiro atoms. The molecule has 0 amide bonds. The van der Waals surface area contributed by atoms with Crippen molar-refractivity contribution in [2.24, 2.45) is 0 Å². The fourth-order valence-corrected chi connectivity index (χ4v) is 4.85. The van der Waals surface area contributed by atoms with E-state index in [1.54, 1.807) is 7.11 Å². The summed E-state index contributed by atoms with van der Waals surface area (Å²) in [6.45, 7) is 2.43. The number of rotatable bonds is 8. The van der Waals surface area contributed by atoms with Gasteiger partial charge in [0.1, 0.15) is 5.75 Å². The number of benzene rings is 2. The number of likely N-dealkylation sites (tertiary alicyclic amines) is 1. The molecule has 1 atom stereocenters. The van der Waals surface area contributed by atoms with Crippen LogP contribution in [0.1, 0.15) is 30.4 Å². The minimum atomic E-state index is 0.674. The lowest BCUT2D eigenvalue weighted by Gasteiger charge is -2.24. The molecule has 4 heteroatoms. The number of aromatic amines is 1. The highest BCUT2D eigenvalue weighted by atomic mass is 32.2. The zero-order valence-corrected chi connectivity index (χ0v) is 17.7. The maximum atomic E-state index is 5.25. The molecule has 1 saturated heterocycles. The lowest BCUT2D eigenvalue weighted by molar-refractivity contribution is 0.250. The number of thioether (sulfide) groups is 1. The Morgan fingerprint density at radius 3 is 2.82 bits per heavy atom. The fourth-order valence-electron chi connectivity index (χ4n) is 4.41. The third-order valence-electron chi connectivity index (χ3n) is 6.00. The van der Waals surface area contributed by atoms with Gasteiger partial charge in [-0.05, 0) is 92.9 Å². The SMILES string of the molecule is COc1ccc(CCCN2CCC[C@@H]2Cc2c[nH]c3ccc(SC)cc23)cc1. The van der Waals surface area contributed by atoms with Crippen LogP contribution in [0.25, 0.3) is 10.9 Å². The van der Waals surface area contributed by atoms with Crippen LogP contribution in [0, 0.1) is 0 Å². The van der Waals surface area contributed by atoms with Gasteiger partial charge in [-0.1, -0.05) is 12.1 Å². The average Bonchev–Trinajstić information content (AvgIpc) is 3.35. The van der Waals surface area contributed by atoms with Crippen LogP contribution in [0.15, 0.2) is 53.6 Å². The molecule has 3 nitrogen and oxygen atoms in total. The van der Waals surface area contributed by atoms with E-state index in [1.807, 2.05) is 11.8 Å². The van der Waals surface area contributed by atoms with Gasteiger partial charge in [-0.2, -0.15) is 0 Å². The lowest BCUT2D eigenvalue weighted by atomic mass is 10.0. The molecule has 1 aliphatic heterocycles. The molecule has 0 saturated carbocycles. The van der Waals surface area contributed by atoms with E-state index in [0.717, 1.165) is 18.6 Å². The van der Waals surface area contributed by atoms with E-state index >= 15 is 0 Å². The molecule has 1 aliphatic rings. The Morgan fingerprint density at radius 2 is 2.04 bits per heavy atom. The molecule has 1 aromatic heterocycles. The number of hydrogen-bond acceptors (Lipinski definition) is 3. The first-order valence-corrected chi connectivity index (χ1v) is 11.5. The predicted octanol–water partition coefficient (Wildman–Crippen LogP) is 5.54. The van der Waals surface area contributed by atoms with Crippen LogP contribution in [-0.4, -0.2) is 42.4 Å². The van der Waals surface area contributed by atoms with E-state index in [2.05, 4.69) is 64.8 Å². The monoisotopic (exact) mass is 394 g/mol. The van der Waals surface area contributed by atoms with Crippen molar-refractivity contribution < 1.29 is 4.74 Å². The predicted molar refractivity (Wildman–Crippen MR) is 120 cm³/mol. The summed E-state index contributed by atoms with van der Waals surface area (Å²) >= 11 is 1.82. The van der Waals surface area contributed by atoms with Crippen molar-refractivity contribution in [3.63, 3.8) is 0 Å². The summed E-state index contributed by atoms with van der Waals surface area (Å²) in [6, 6.07) is 15.9. The van der Waals surface area contributed by atoms with Crippen LogP contribution < -0.4 is 4.74 Å². The smallest absolute Gasteiger partial charge is 0.118 e. The van der Waals surface area contributed by atoms with E-state index in [-0.39, 0.29) is 0 Å². The summed E-state index contributed by atoms with van der Waals surface area (Å²) in [6.07, 6.45) is 10.5. The minimum Gasteiger partial charge on any atom is -0.497 e. The van der Waals surface area contributed by atoms with E-state index in [4.69, 9.17) is 4.74 Å². The highest BCUT2D eigenvalue weighted by Gasteiger charge is 2.25. The third kappa shape index (κ3) is 4.39. The molecule has 4 rings (SSSR count). The zero-order valence-electron chi connectivity index (χ0n) is 16.9. The summed E-state index contributed by atoms with van der Waals surface area (Å²) in [4.78, 5) is 7.52. The van der Waals surface area contributed by atoms with Gasteiger partial charge in [0, 0.05) is 28.0 Å². The molecule has 3 aromatic rings. The standard InChI is InChI=1S/C24H30N2OS/c1-27-21-9-7-18(8-10-21)5-3-13-26-14-4-6-20(26)15-19-17-25-24-12-11-22(28-2)16-23(19)24/h7-12,16-17,20,25H,3-6,13-15H2,1-2H3/t20-/m1/s1. The van der Waals surface area contributed by atoms with Gasteiger partial charge in [0.15, 0.2) is 0 Å². The van der Waals surface area contributed by atoms with Crippen LogP contribution in [0.5, 0.6) is 5.75 Å². The quantitative estimate of drug-likeness (QED) is 0.509. The van der Waals surface area contributed by atoms with Crippen molar-refractivity contribution in [2.75, 3.05) is 26.5 Å². The normalized spacial score (nSPS) is 17.4. The largest absolute Gasteiger partial charge is 0.497 e. The topological polar surface area (TPSA) is 28.3 Å². The van der Waals surface area contributed by atoms with Gasteiger partial charge in [-0.3, -0.25) is 0 Å². The number of aryl methyl sites for hydroxylation is 1. The second-order valence-corrected chi connectivity index (χ2v) is 8.59. The molecule has 0 bridgehead atoms. The van der Waals surface area contributed by atoms with Crippen LogP contribution in [-0.2, 0) is 12.8 Å². The van der Waals surface area contributed by atoms with Gasteiger partial charge in [-0.15, -0.1) is 11.8 Å². The van der Waals surface area contributed by atoms with Crippen LogP contribution in [0.4, 0.5) is 0 Å². The molecule has 28 heavy (non-hydrogen) atoms. The second kappa shape index (κ2) is 9.06. The summed E-state index contributed by atoms with van der Waals surface area (Å²) in [5, 5.41) is 1.40. The van der Waals surface area contributed by atoms with Crippen LogP contribution in [0.3, 0.4) is 0 Å². The number of H-pyrrole nitrogens is 1. The summed E-state index contributed by atoms with van der Waals surface area (Å²) < 4.78 is 5.25. The molecule has 0 unspecified atom stereocenters. The number of ether oxygens (including phenoxy) is 1. The number of aromatic nitrogens is 1. The first kappa shape index (κ1) is 19.4. The molecule has 0 radical (unpaired) electrons. The molecule has 2 heterocycles. The van der Waals surface area contributed by atoms with Gasteiger partial charge in [0.05, 0.1) is 7.11 Å². The molecular formula is C24H30N2OS. The van der Waals surface area contributed by atoms with Crippen LogP contribution >= 0.6 is 11.8 Å². The Hall–Kier alpha value is -1.91. The third-order valence-corrected chi connectivity index (χ3v) is 6.72. The molecule has 1 N–H and O–H groups in total. The molecule has 1 fully saturated rings. The minimum absolute atomic E-state index is 0.674. The molecule has 0 aliphatic carbocycles. The maximum Gasteiger partial charge on any atom is 0.118 e. The van der Waals surface area contributed by atoms with E-state index < -0.39 is 0 Å². The van der Waals surface area contributed by atoms with Gasteiger partial charge in [0.25, 0.3) is 0 Å². The second-order valence-electron chi connectivity index (χ2n) is 7.71. The van der Waals surface area contributed by atoms with E-state index in [9.17, 15) is 0 Å². The fraction of sp³-hybridized carbons (Fsp3) is 0.417. The van der Waals surface area contributed by atoms with Crippen molar-refractivity contribution in [3.05, 3.63) is 59.8 Å². The van der Waals surface area contributed by atoms with E-state index in [0.29, 0.717) is 6.04 Å². The van der Waals surface area contributed by atoms with Gasteiger partial charge < -0.3 is 14.6 Å². The zero-order chi connectivity index (χ0) is 19.3. The number of hydrogen-bond donors (Lipinski definition) is 1.